The van der Waals surface area contributed by atoms with Gasteiger partial charge in [-0.05, 0) is 110 Å². The molecule has 0 aromatic heterocycles. The molecule has 2 heteroatoms. The third-order valence-electron chi connectivity index (χ3n) is 11.5. The van der Waals surface area contributed by atoms with Gasteiger partial charge < -0.3 is 10.2 Å². The third kappa shape index (κ3) is 3.70. The monoisotopic (exact) mass is 418 g/mol. The van der Waals surface area contributed by atoms with Gasteiger partial charge in [-0.1, -0.05) is 54.4 Å². The first-order chi connectivity index (χ1) is 14.1. The van der Waals surface area contributed by atoms with Crippen LogP contribution >= 0.6 is 0 Å². The average molecular weight is 419 g/mol. The van der Waals surface area contributed by atoms with E-state index in [2.05, 4.69) is 41.5 Å². The topological polar surface area (TPSA) is 40.5 Å². The number of hydrogen-bond acceptors (Lipinski definition) is 2. The van der Waals surface area contributed by atoms with E-state index in [1.165, 1.54) is 38.5 Å². The molecule has 11 atom stereocenters. The second kappa shape index (κ2) is 8.36. The Morgan fingerprint density at radius 3 is 2.30 bits per heavy atom. The zero-order chi connectivity index (χ0) is 21.8. The summed E-state index contributed by atoms with van der Waals surface area (Å²) in [4.78, 5) is 0. The molecule has 4 fully saturated rings. The van der Waals surface area contributed by atoms with Crippen LogP contribution in [-0.4, -0.2) is 22.4 Å². The molecule has 2 N–H and O–H groups in total. The molecule has 30 heavy (non-hydrogen) atoms. The first-order valence-electron chi connectivity index (χ1n) is 13.4. The number of rotatable bonds is 5. The minimum Gasteiger partial charge on any atom is -0.393 e. The van der Waals surface area contributed by atoms with Crippen molar-refractivity contribution in [2.45, 2.75) is 118 Å². The number of fused-ring (bicyclic) bond motifs is 5. The van der Waals surface area contributed by atoms with E-state index in [0.29, 0.717) is 23.2 Å². The van der Waals surface area contributed by atoms with Crippen molar-refractivity contribution in [1.82, 2.24) is 0 Å². The second-order valence-electron chi connectivity index (χ2n) is 13.2. The minimum atomic E-state index is -0.137. The van der Waals surface area contributed by atoms with E-state index in [9.17, 15) is 10.2 Å². The van der Waals surface area contributed by atoms with Gasteiger partial charge in [0, 0.05) is 0 Å². The minimum absolute atomic E-state index is 0.101. The van der Waals surface area contributed by atoms with Crippen molar-refractivity contribution >= 4 is 0 Å². The Bertz CT molecular complexity index is 601. The summed E-state index contributed by atoms with van der Waals surface area (Å²) in [5, 5.41) is 21.9. The highest BCUT2D eigenvalue weighted by atomic mass is 16.3. The third-order valence-corrected chi connectivity index (χ3v) is 11.5. The summed E-state index contributed by atoms with van der Waals surface area (Å²) in [7, 11) is 0. The summed E-state index contributed by atoms with van der Waals surface area (Å²) >= 11 is 0. The van der Waals surface area contributed by atoms with Gasteiger partial charge in [0.1, 0.15) is 0 Å². The lowest BCUT2D eigenvalue weighted by atomic mass is 9.43. The van der Waals surface area contributed by atoms with Gasteiger partial charge >= 0.3 is 0 Å². The summed E-state index contributed by atoms with van der Waals surface area (Å²) in [5.41, 5.74) is 0.581. The first-order valence-corrected chi connectivity index (χ1v) is 13.4. The lowest BCUT2D eigenvalue weighted by Gasteiger charge is -2.62. The Morgan fingerprint density at radius 1 is 0.867 bits per heavy atom. The molecule has 0 saturated heterocycles. The fraction of sp³-hybridized carbons (Fsp3) is 1.00. The van der Waals surface area contributed by atoms with Crippen LogP contribution in [0, 0.1) is 58.2 Å². The van der Waals surface area contributed by atoms with Crippen molar-refractivity contribution in [2.24, 2.45) is 58.2 Å². The molecular weight excluding hydrogens is 368 g/mol. The van der Waals surface area contributed by atoms with Gasteiger partial charge in [-0.15, -0.1) is 0 Å². The highest BCUT2D eigenvalue weighted by Crippen LogP contribution is 2.68. The molecule has 0 aliphatic heterocycles. The van der Waals surface area contributed by atoms with Crippen molar-refractivity contribution in [1.29, 1.82) is 0 Å². The molecule has 0 amide bonds. The van der Waals surface area contributed by atoms with Crippen LogP contribution in [0.5, 0.6) is 0 Å². The smallest absolute Gasteiger partial charge is 0.0581 e. The Kier molecular flexibility index (Phi) is 6.44. The maximum Gasteiger partial charge on any atom is 0.0581 e. The largest absolute Gasteiger partial charge is 0.393 e. The number of aliphatic hydroxyl groups excluding tert-OH is 2. The molecular formula is C28H50O2. The predicted molar refractivity (Wildman–Crippen MR) is 125 cm³/mol. The number of hydrogen-bond donors (Lipinski definition) is 2. The van der Waals surface area contributed by atoms with E-state index < -0.39 is 0 Å². The van der Waals surface area contributed by atoms with E-state index in [1.807, 2.05) is 0 Å². The zero-order valence-electron chi connectivity index (χ0n) is 20.7. The summed E-state index contributed by atoms with van der Waals surface area (Å²) in [6.07, 6.45) is 11.9. The maximum atomic E-state index is 11.6. The molecule has 0 bridgehead atoms. The molecule has 4 aliphatic carbocycles. The summed E-state index contributed by atoms with van der Waals surface area (Å²) in [5.74, 6) is 5.78. The summed E-state index contributed by atoms with van der Waals surface area (Å²) in [6, 6.07) is 0. The number of aliphatic hydroxyl groups is 2. The lowest BCUT2D eigenvalue weighted by Crippen LogP contribution is -2.59. The molecule has 0 aromatic rings. The van der Waals surface area contributed by atoms with E-state index in [1.54, 1.807) is 0 Å². The molecule has 174 valence electrons. The second-order valence-corrected chi connectivity index (χ2v) is 13.2. The highest BCUT2D eigenvalue weighted by molar-refractivity contribution is 5.12. The Balaban J connectivity index is 1.51. The van der Waals surface area contributed by atoms with Gasteiger partial charge in [0.2, 0.25) is 0 Å². The van der Waals surface area contributed by atoms with Crippen molar-refractivity contribution in [3.63, 3.8) is 0 Å². The highest BCUT2D eigenvalue weighted by Gasteiger charge is 2.63. The van der Waals surface area contributed by atoms with Crippen LogP contribution in [0.2, 0.25) is 0 Å². The molecule has 0 spiro atoms. The van der Waals surface area contributed by atoms with Crippen molar-refractivity contribution in [3.8, 4) is 0 Å². The van der Waals surface area contributed by atoms with Gasteiger partial charge in [-0.3, -0.25) is 0 Å². The van der Waals surface area contributed by atoms with E-state index in [4.69, 9.17) is 0 Å². The molecule has 0 aromatic carbocycles. The Morgan fingerprint density at radius 2 is 1.60 bits per heavy atom. The van der Waals surface area contributed by atoms with Crippen LogP contribution in [0.15, 0.2) is 0 Å². The predicted octanol–water partition coefficient (Wildman–Crippen LogP) is 6.69. The average Bonchev–Trinajstić information content (AvgIpc) is 3.02. The SMILES string of the molecule is CC(C)[C@@H](C)CC[C@@H](C)C1CCC2C3CC[C@H]4CC(O)CCC4(C)C3[C@H](O)CC21C. The Labute approximate surface area is 186 Å². The Hall–Kier alpha value is -0.0800. The van der Waals surface area contributed by atoms with Gasteiger partial charge in [-0.2, -0.15) is 0 Å². The molecule has 0 radical (unpaired) electrons. The van der Waals surface area contributed by atoms with Crippen molar-refractivity contribution in [2.75, 3.05) is 0 Å². The van der Waals surface area contributed by atoms with E-state index >= 15 is 0 Å². The van der Waals surface area contributed by atoms with E-state index in [0.717, 1.165) is 55.3 Å². The quantitative estimate of drug-likeness (QED) is 0.522. The van der Waals surface area contributed by atoms with Gasteiger partial charge in [0.05, 0.1) is 12.2 Å². The van der Waals surface area contributed by atoms with Gasteiger partial charge in [-0.25, -0.2) is 0 Å². The molecule has 7 unspecified atom stereocenters. The van der Waals surface area contributed by atoms with Crippen molar-refractivity contribution in [3.05, 3.63) is 0 Å². The first kappa shape index (κ1) is 23.1. The van der Waals surface area contributed by atoms with Crippen LogP contribution in [-0.2, 0) is 0 Å². The summed E-state index contributed by atoms with van der Waals surface area (Å²) < 4.78 is 0. The molecule has 4 aliphatic rings. The normalized spacial score (nSPS) is 50.5. The standard InChI is InChI=1S/C28H50O2/c1-17(2)18(3)7-8-19(4)23-11-12-24-22-10-9-20-15-21(29)13-14-27(20,5)26(22)25(30)16-28(23,24)6/h17-26,29-30H,7-16H2,1-6H3/t18-,19+,20-,21?,22?,23?,24?,25+,26?,27?,28?/m0/s1. The summed E-state index contributed by atoms with van der Waals surface area (Å²) in [6.45, 7) is 14.7. The fourth-order valence-corrected chi connectivity index (χ4v) is 9.39. The maximum absolute atomic E-state index is 11.6. The van der Waals surface area contributed by atoms with Crippen LogP contribution in [0.4, 0.5) is 0 Å². The van der Waals surface area contributed by atoms with Crippen LogP contribution in [0.25, 0.3) is 0 Å². The van der Waals surface area contributed by atoms with Crippen LogP contribution < -0.4 is 0 Å². The molecule has 4 saturated carbocycles. The molecule has 4 rings (SSSR count). The van der Waals surface area contributed by atoms with Crippen LogP contribution in [0.1, 0.15) is 106 Å². The fourth-order valence-electron chi connectivity index (χ4n) is 9.39. The van der Waals surface area contributed by atoms with Gasteiger partial charge in [0.25, 0.3) is 0 Å². The van der Waals surface area contributed by atoms with Crippen molar-refractivity contribution < 1.29 is 10.2 Å². The lowest BCUT2D eigenvalue weighted by molar-refractivity contribution is -0.179. The zero-order valence-corrected chi connectivity index (χ0v) is 20.7. The van der Waals surface area contributed by atoms with E-state index in [-0.39, 0.29) is 17.6 Å². The van der Waals surface area contributed by atoms with Crippen LogP contribution in [0.3, 0.4) is 0 Å². The molecule has 2 nitrogen and oxygen atoms in total. The van der Waals surface area contributed by atoms with Gasteiger partial charge in [0.15, 0.2) is 0 Å². The molecule has 0 heterocycles.